The Morgan fingerprint density at radius 1 is 1.34 bits per heavy atom. The maximum Gasteiger partial charge on any atom is 0.225 e. The monoisotopic (exact) mass is 424 g/mol. The molecular weight excluding hydrogens is 396 g/mol. The van der Waals surface area contributed by atoms with Crippen molar-refractivity contribution in [1.82, 2.24) is 4.90 Å². The summed E-state index contributed by atoms with van der Waals surface area (Å²) in [5, 5.41) is 0. The number of ether oxygens (including phenoxy) is 2. The number of likely N-dealkylation sites (tertiary alicyclic amines) is 1. The predicted molar refractivity (Wildman–Crippen MR) is 112 cm³/mol. The maximum absolute atomic E-state index is 12.8. The van der Waals surface area contributed by atoms with Gasteiger partial charge in [0, 0.05) is 38.1 Å². The second kappa shape index (κ2) is 8.39. The fourth-order valence-corrected chi connectivity index (χ4v) is 5.04. The number of amidine groups is 1. The fourth-order valence-electron chi connectivity index (χ4n) is 4.17. The van der Waals surface area contributed by atoms with E-state index in [0.717, 1.165) is 32.2 Å². The molecule has 0 aromatic heterocycles. The molecule has 10 heteroatoms. The van der Waals surface area contributed by atoms with Crippen LogP contribution in [0, 0.1) is 11.8 Å². The number of fused-ring (bicyclic) bond motifs is 1. The number of carbonyl (C=O) groups excluding carboxylic acids is 1. The summed E-state index contributed by atoms with van der Waals surface area (Å²) in [4.78, 5) is 14.8. The van der Waals surface area contributed by atoms with E-state index in [9.17, 15) is 13.9 Å². The van der Waals surface area contributed by atoms with Crippen LogP contribution in [0.5, 0.6) is 5.75 Å². The molecule has 1 unspecified atom stereocenters. The molecule has 3 aliphatic heterocycles. The Morgan fingerprint density at radius 3 is 2.93 bits per heavy atom. The number of anilines is 1. The van der Waals surface area contributed by atoms with Crippen LogP contribution in [0.25, 0.3) is 0 Å². The molecule has 0 bridgehead atoms. The van der Waals surface area contributed by atoms with Crippen molar-refractivity contribution in [3.8, 4) is 5.75 Å². The Bertz CT molecular complexity index is 797. The second-order valence-corrected chi connectivity index (χ2v) is 9.19. The second-order valence-electron chi connectivity index (χ2n) is 7.77. The molecular formula is C19H28N4O5S. The molecule has 0 radical (unpaired) electrons. The van der Waals surface area contributed by atoms with Gasteiger partial charge in [-0.3, -0.25) is 18.6 Å². The molecule has 1 aromatic carbocycles. The minimum atomic E-state index is -3.32. The van der Waals surface area contributed by atoms with Gasteiger partial charge in [0.15, 0.2) is 5.84 Å². The third kappa shape index (κ3) is 4.61. The van der Waals surface area contributed by atoms with Gasteiger partial charge in [0.05, 0.1) is 17.9 Å². The van der Waals surface area contributed by atoms with Gasteiger partial charge in [0.2, 0.25) is 5.91 Å². The van der Waals surface area contributed by atoms with E-state index in [1.165, 1.54) is 0 Å². The van der Waals surface area contributed by atoms with Crippen LogP contribution in [0.2, 0.25) is 0 Å². The van der Waals surface area contributed by atoms with E-state index in [1.807, 2.05) is 4.90 Å². The maximum atomic E-state index is 12.8. The molecule has 0 spiro atoms. The lowest BCUT2D eigenvalue weighted by Gasteiger charge is -2.36. The molecule has 0 aliphatic carbocycles. The number of nitrogens with two attached hydrogens (primary N) is 1. The normalized spacial score (nSPS) is 25.4. The van der Waals surface area contributed by atoms with Crippen LogP contribution in [0.3, 0.4) is 0 Å². The molecule has 4 rings (SSSR count). The van der Waals surface area contributed by atoms with Crippen LogP contribution >= 0.6 is 11.0 Å². The first-order chi connectivity index (χ1) is 13.9. The van der Waals surface area contributed by atoms with Gasteiger partial charge in [-0.2, -0.15) is 0 Å². The average Bonchev–Trinajstić information content (AvgIpc) is 2.71. The Hall–Kier alpha value is -2.01. The van der Waals surface area contributed by atoms with E-state index in [0.29, 0.717) is 43.4 Å². The van der Waals surface area contributed by atoms with Crippen molar-refractivity contribution in [1.29, 1.82) is 0 Å². The van der Waals surface area contributed by atoms with Crippen LogP contribution < -0.4 is 15.2 Å². The van der Waals surface area contributed by atoms with Crippen LogP contribution in [0.15, 0.2) is 22.6 Å². The van der Waals surface area contributed by atoms with Gasteiger partial charge in [-0.25, -0.2) is 0 Å². The number of nitrogens with zero attached hydrogens (tertiary/aromatic N) is 2. The smallest absolute Gasteiger partial charge is 0.225 e. The van der Waals surface area contributed by atoms with Crippen LogP contribution in [-0.2, 0) is 9.53 Å². The van der Waals surface area contributed by atoms with E-state index < -0.39 is 11.0 Å². The van der Waals surface area contributed by atoms with Gasteiger partial charge in [-0.15, -0.1) is 4.40 Å². The van der Waals surface area contributed by atoms with Crippen molar-refractivity contribution in [3.63, 3.8) is 0 Å². The number of rotatable bonds is 4. The molecule has 1 aromatic rings. The highest BCUT2D eigenvalue weighted by Gasteiger charge is 2.31. The van der Waals surface area contributed by atoms with Gasteiger partial charge in [0.1, 0.15) is 5.75 Å². The summed E-state index contributed by atoms with van der Waals surface area (Å²) in [7, 11) is -3.32. The topological polar surface area (TPSA) is 130 Å². The molecule has 9 nitrogen and oxygen atoms in total. The molecule has 2 fully saturated rings. The lowest BCUT2D eigenvalue weighted by Crippen LogP contribution is -2.45. The number of hydrogen-bond donors (Lipinski definition) is 4. The molecule has 1 atom stereocenters. The van der Waals surface area contributed by atoms with Crippen molar-refractivity contribution < 1.29 is 23.4 Å². The predicted octanol–water partition coefficient (Wildman–Crippen LogP) is 2.44. The Balaban J connectivity index is 1.39. The van der Waals surface area contributed by atoms with E-state index >= 15 is 0 Å². The zero-order valence-electron chi connectivity index (χ0n) is 16.2. The summed E-state index contributed by atoms with van der Waals surface area (Å²) in [5.41, 5.74) is 6.96. The lowest BCUT2D eigenvalue weighted by atomic mass is 9.94. The molecule has 2 saturated heterocycles. The minimum absolute atomic E-state index is 0.0364. The molecule has 29 heavy (non-hydrogen) atoms. The van der Waals surface area contributed by atoms with Crippen LogP contribution in [-0.4, -0.2) is 58.7 Å². The van der Waals surface area contributed by atoms with E-state index in [1.54, 1.807) is 18.2 Å². The van der Waals surface area contributed by atoms with Crippen LogP contribution in [0.1, 0.15) is 31.2 Å². The van der Waals surface area contributed by atoms with Crippen molar-refractivity contribution in [2.45, 2.75) is 25.7 Å². The summed E-state index contributed by atoms with van der Waals surface area (Å²) in [5.74, 6) is 1.12. The molecule has 0 saturated carbocycles. The first kappa shape index (κ1) is 20.3. The van der Waals surface area contributed by atoms with Crippen molar-refractivity contribution in [3.05, 3.63) is 23.8 Å². The molecule has 5 N–H and O–H groups in total. The summed E-state index contributed by atoms with van der Waals surface area (Å²) in [6.07, 6.45) is 3.56. The lowest BCUT2D eigenvalue weighted by molar-refractivity contribution is -0.140. The fraction of sp³-hybridized carbons (Fsp3) is 0.579. The average molecular weight is 425 g/mol. The third-order valence-electron chi connectivity index (χ3n) is 5.63. The molecule has 160 valence electrons. The van der Waals surface area contributed by atoms with Gasteiger partial charge in [0.25, 0.3) is 0 Å². The standard InChI is InChI=1S/C19H28N4O5S/c20-18-17-15(21-29(25,26)22-18)4-1-5-16(17)28-12-13-3-2-8-23(11-13)19(24)14-6-9-27-10-7-14/h1,4-5,13-14,21,25-26H,2-3,6-12H2,(H2,20,22). The highest BCUT2D eigenvalue weighted by molar-refractivity contribution is 8.24. The van der Waals surface area contributed by atoms with Crippen molar-refractivity contribution >= 4 is 28.4 Å². The third-order valence-corrected chi connectivity index (χ3v) is 6.58. The first-order valence-corrected chi connectivity index (χ1v) is 11.5. The van der Waals surface area contributed by atoms with Gasteiger partial charge >= 0.3 is 0 Å². The van der Waals surface area contributed by atoms with Crippen molar-refractivity contribution in [2.75, 3.05) is 37.6 Å². The zero-order chi connectivity index (χ0) is 20.4. The number of piperidine rings is 1. The summed E-state index contributed by atoms with van der Waals surface area (Å²) in [6, 6.07) is 5.25. The highest BCUT2D eigenvalue weighted by atomic mass is 32.3. The van der Waals surface area contributed by atoms with Crippen LogP contribution in [0.4, 0.5) is 5.69 Å². The van der Waals surface area contributed by atoms with Gasteiger partial charge in [-0.05, 0) is 48.8 Å². The largest absolute Gasteiger partial charge is 0.492 e. The Kier molecular flexibility index (Phi) is 5.86. The number of benzene rings is 1. The van der Waals surface area contributed by atoms with E-state index in [2.05, 4.69) is 9.12 Å². The number of carbonyl (C=O) groups is 1. The quantitative estimate of drug-likeness (QED) is 0.584. The molecule has 3 heterocycles. The first-order valence-electron chi connectivity index (χ1n) is 9.97. The minimum Gasteiger partial charge on any atom is -0.492 e. The highest BCUT2D eigenvalue weighted by Crippen LogP contribution is 2.46. The number of amides is 1. The SMILES string of the molecule is NC1=NS(O)(O)Nc2cccc(OCC3CCCN(C(=O)C4CCOCC4)C3)c21. The number of hydrogen-bond acceptors (Lipinski definition) is 8. The molecule has 1 amide bonds. The zero-order valence-corrected chi connectivity index (χ0v) is 17.1. The Morgan fingerprint density at radius 2 is 2.14 bits per heavy atom. The van der Waals surface area contributed by atoms with E-state index in [4.69, 9.17) is 15.2 Å². The Labute approximate surface area is 171 Å². The van der Waals surface area contributed by atoms with Gasteiger partial charge < -0.3 is 20.1 Å². The number of nitrogens with one attached hydrogen (secondary N) is 1. The van der Waals surface area contributed by atoms with Gasteiger partial charge in [-0.1, -0.05) is 6.07 Å². The summed E-state index contributed by atoms with van der Waals surface area (Å²) >= 11 is 0. The van der Waals surface area contributed by atoms with Crippen molar-refractivity contribution in [2.24, 2.45) is 22.0 Å². The summed E-state index contributed by atoms with van der Waals surface area (Å²) in [6.45, 7) is 3.27. The molecule has 3 aliphatic rings. The van der Waals surface area contributed by atoms with E-state index in [-0.39, 0.29) is 23.6 Å². The summed E-state index contributed by atoms with van der Waals surface area (Å²) < 4.78 is 37.3.